The number of halogens is 1. The Bertz CT molecular complexity index is 331. The van der Waals surface area contributed by atoms with Gasteiger partial charge >= 0.3 is 7.12 Å². The zero-order valence-corrected chi connectivity index (χ0v) is 11.5. The van der Waals surface area contributed by atoms with Crippen molar-refractivity contribution in [1.82, 2.24) is 0 Å². The highest BCUT2D eigenvalue weighted by Gasteiger charge is 2.52. The van der Waals surface area contributed by atoms with Crippen molar-refractivity contribution in [1.29, 1.82) is 0 Å². The fourth-order valence-electron chi connectivity index (χ4n) is 2.16. The number of alkyl halides is 1. The number of hydrogen-bond donors (Lipinski definition) is 0. The fourth-order valence-corrected chi connectivity index (χ4v) is 2.16. The maximum atomic E-state index is 13.7. The fraction of sp³-hybridized carbons (Fsp3) is 0.846. The van der Waals surface area contributed by atoms with E-state index >= 15 is 0 Å². The monoisotopic (exact) mass is 240 g/mol. The van der Waals surface area contributed by atoms with Crippen molar-refractivity contribution in [3.05, 3.63) is 11.5 Å². The normalized spacial score (nSPS) is 35.9. The average molecular weight is 240 g/mol. The lowest BCUT2D eigenvalue weighted by Crippen LogP contribution is -2.41. The average Bonchev–Trinajstić information content (AvgIpc) is 2.35. The minimum Gasteiger partial charge on any atom is -0.400 e. The van der Waals surface area contributed by atoms with Gasteiger partial charge in [0.15, 0.2) is 0 Å². The Hall–Kier alpha value is -0.345. The van der Waals surface area contributed by atoms with Gasteiger partial charge in [0.2, 0.25) is 0 Å². The van der Waals surface area contributed by atoms with Gasteiger partial charge in [-0.2, -0.15) is 0 Å². The molecule has 1 heterocycles. The molecule has 0 N–H and O–H groups in total. The summed E-state index contributed by atoms with van der Waals surface area (Å²) in [7, 11) is -0.295. The highest BCUT2D eigenvalue weighted by Crippen LogP contribution is 2.41. The second kappa shape index (κ2) is 3.82. The zero-order valence-electron chi connectivity index (χ0n) is 11.5. The third kappa shape index (κ3) is 2.43. The highest BCUT2D eigenvalue weighted by molar-refractivity contribution is 6.54. The summed E-state index contributed by atoms with van der Waals surface area (Å²) in [6.45, 7) is 9.81. The third-order valence-electron chi connectivity index (χ3n) is 4.28. The topological polar surface area (TPSA) is 18.5 Å². The summed E-state index contributed by atoms with van der Waals surface area (Å²) in [6.07, 6.45) is 3.70. The molecule has 1 aliphatic heterocycles. The van der Waals surface area contributed by atoms with Crippen LogP contribution in [-0.4, -0.2) is 24.0 Å². The van der Waals surface area contributed by atoms with Crippen molar-refractivity contribution in [3.8, 4) is 0 Å². The molecule has 0 aromatic carbocycles. The molecular weight excluding hydrogens is 218 g/mol. The Morgan fingerprint density at radius 1 is 1.12 bits per heavy atom. The van der Waals surface area contributed by atoms with Gasteiger partial charge in [0, 0.05) is 0 Å². The Balaban J connectivity index is 2.10. The second-order valence-electron chi connectivity index (χ2n) is 6.48. The first-order valence-electron chi connectivity index (χ1n) is 6.36. The largest absolute Gasteiger partial charge is 0.490 e. The lowest BCUT2D eigenvalue weighted by molar-refractivity contribution is 0.00578. The van der Waals surface area contributed by atoms with Crippen LogP contribution in [0.5, 0.6) is 0 Å². The van der Waals surface area contributed by atoms with Crippen LogP contribution in [0.4, 0.5) is 4.39 Å². The van der Waals surface area contributed by atoms with E-state index in [1.165, 1.54) is 0 Å². The molecule has 0 aromatic heterocycles. The molecule has 0 spiro atoms. The van der Waals surface area contributed by atoms with E-state index in [0.29, 0.717) is 12.8 Å². The van der Waals surface area contributed by atoms with Crippen LogP contribution in [0.1, 0.15) is 53.9 Å². The van der Waals surface area contributed by atoms with Gasteiger partial charge in [-0.25, -0.2) is 4.39 Å². The summed E-state index contributed by atoms with van der Waals surface area (Å²) in [5, 5.41) is 0. The molecule has 96 valence electrons. The van der Waals surface area contributed by atoms with Gasteiger partial charge in [-0.05, 0) is 59.4 Å². The Morgan fingerprint density at radius 2 is 1.65 bits per heavy atom. The van der Waals surface area contributed by atoms with E-state index in [4.69, 9.17) is 9.31 Å². The van der Waals surface area contributed by atoms with Gasteiger partial charge < -0.3 is 9.31 Å². The minimum atomic E-state index is -1.06. The minimum absolute atomic E-state index is 0.295. The summed E-state index contributed by atoms with van der Waals surface area (Å²) in [4.78, 5) is 0. The van der Waals surface area contributed by atoms with E-state index in [0.717, 1.165) is 11.9 Å². The zero-order chi connectivity index (χ0) is 12.9. The molecule has 0 amide bonds. The maximum Gasteiger partial charge on any atom is 0.490 e. The van der Waals surface area contributed by atoms with Crippen LogP contribution in [-0.2, 0) is 9.31 Å². The molecule has 0 aromatic rings. The molecule has 2 rings (SSSR count). The Kier molecular flexibility index (Phi) is 2.95. The Morgan fingerprint density at radius 3 is 2.06 bits per heavy atom. The van der Waals surface area contributed by atoms with E-state index in [1.807, 2.05) is 33.8 Å². The van der Waals surface area contributed by atoms with Crippen molar-refractivity contribution in [2.45, 2.75) is 70.8 Å². The van der Waals surface area contributed by atoms with E-state index in [-0.39, 0.29) is 18.3 Å². The summed E-state index contributed by atoms with van der Waals surface area (Å²) < 4.78 is 25.6. The quantitative estimate of drug-likeness (QED) is 0.653. The van der Waals surface area contributed by atoms with Crippen molar-refractivity contribution >= 4 is 7.12 Å². The molecule has 0 bridgehead atoms. The lowest BCUT2D eigenvalue weighted by Gasteiger charge is -2.32. The predicted octanol–water partition coefficient (Wildman–Crippen LogP) is 3.46. The smallest absolute Gasteiger partial charge is 0.400 e. The number of rotatable bonds is 1. The van der Waals surface area contributed by atoms with Crippen molar-refractivity contribution in [3.63, 3.8) is 0 Å². The molecule has 1 unspecified atom stereocenters. The van der Waals surface area contributed by atoms with Crippen LogP contribution in [0.2, 0.25) is 0 Å². The van der Waals surface area contributed by atoms with Gasteiger partial charge in [0.05, 0.1) is 11.2 Å². The first-order valence-corrected chi connectivity index (χ1v) is 6.36. The molecular formula is C13H22BFO2. The third-order valence-corrected chi connectivity index (χ3v) is 4.28. The SMILES string of the molecule is CC1(F)CC=C(B2OC(C)(C)C(C)(C)O2)CC1. The molecule has 2 aliphatic rings. The molecule has 17 heavy (non-hydrogen) atoms. The Labute approximate surface area is 104 Å². The van der Waals surface area contributed by atoms with Crippen molar-refractivity contribution in [2.24, 2.45) is 0 Å². The lowest BCUT2D eigenvalue weighted by atomic mass is 9.70. The van der Waals surface area contributed by atoms with Crippen LogP contribution >= 0.6 is 0 Å². The van der Waals surface area contributed by atoms with E-state index < -0.39 is 5.67 Å². The second-order valence-corrected chi connectivity index (χ2v) is 6.48. The van der Waals surface area contributed by atoms with Crippen LogP contribution in [0, 0.1) is 0 Å². The van der Waals surface area contributed by atoms with Gasteiger partial charge in [-0.3, -0.25) is 0 Å². The molecule has 2 nitrogen and oxygen atoms in total. The molecule has 1 saturated heterocycles. The van der Waals surface area contributed by atoms with Gasteiger partial charge in [-0.15, -0.1) is 0 Å². The first kappa shape index (κ1) is 13.1. The molecule has 4 heteroatoms. The summed E-state index contributed by atoms with van der Waals surface area (Å²) in [6, 6.07) is 0. The maximum absolute atomic E-state index is 13.7. The summed E-state index contributed by atoms with van der Waals surface area (Å²) >= 11 is 0. The molecule has 0 saturated carbocycles. The number of hydrogen-bond acceptors (Lipinski definition) is 2. The van der Waals surface area contributed by atoms with Crippen LogP contribution in [0.3, 0.4) is 0 Å². The van der Waals surface area contributed by atoms with Gasteiger partial charge in [0.25, 0.3) is 0 Å². The standard InChI is InChI=1S/C13H22BFO2/c1-11(2)12(3,4)17-14(16-11)10-6-8-13(5,15)9-7-10/h6H,7-9H2,1-5H3. The first-order chi connectivity index (χ1) is 7.63. The summed E-state index contributed by atoms with van der Waals surface area (Å²) in [5.41, 5.74) is -0.587. The van der Waals surface area contributed by atoms with Gasteiger partial charge in [0.1, 0.15) is 5.67 Å². The molecule has 1 fully saturated rings. The van der Waals surface area contributed by atoms with Crippen LogP contribution in [0.25, 0.3) is 0 Å². The number of allylic oxidation sites excluding steroid dienone is 2. The van der Waals surface area contributed by atoms with Crippen LogP contribution in [0.15, 0.2) is 11.5 Å². The molecule has 1 aliphatic carbocycles. The van der Waals surface area contributed by atoms with Crippen molar-refractivity contribution < 1.29 is 13.7 Å². The van der Waals surface area contributed by atoms with Crippen molar-refractivity contribution in [2.75, 3.05) is 0 Å². The highest BCUT2D eigenvalue weighted by atomic mass is 19.1. The molecule has 0 radical (unpaired) electrons. The molecule has 1 atom stereocenters. The van der Waals surface area contributed by atoms with E-state index in [2.05, 4.69) is 0 Å². The summed E-state index contributed by atoms with van der Waals surface area (Å²) in [5.74, 6) is 0. The predicted molar refractivity (Wildman–Crippen MR) is 67.5 cm³/mol. The van der Waals surface area contributed by atoms with Gasteiger partial charge in [-0.1, -0.05) is 6.08 Å². The van der Waals surface area contributed by atoms with E-state index in [1.54, 1.807) is 6.92 Å². The van der Waals surface area contributed by atoms with Crippen LogP contribution < -0.4 is 0 Å². The van der Waals surface area contributed by atoms with E-state index in [9.17, 15) is 4.39 Å².